The second-order valence-electron chi connectivity index (χ2n) is 6.82. The van der Waals surface area contributed by atoms with E-state index in [1.807, 2.05) is 0 Å². The van der Waals surface area contributed by atoms with E-state index in [1.54, 1.807) is 0 Å². The number of nitrogens with zero attached hydrogens (tertiary/aromatic N) is 1. The Balaban J connectivity index is 2.08. The van der Waals surface area contributed by atoms with Gasteiger partial charge < -0.3 is 5.11 Å². The molecule has 0 aromatic carbocycles. The number of hydrogen-bond acceptors (Lipinski definition) is 2. The standard InChI is InChI=1S/C15H25NO/c1-11(2)13-8-15(17,9-13)14(10-16)6-4-12(3)5-7-14/h11-13,17H,4-9H2,1-3H3. The van der Waals surface area contributed by atoms with Crippen molar-refractivity contribution in [3.63, 3.8) is 0 Å². The van der Waals surface area contributed by atoms with Crippen LogP contribution in [0, 0.1) is 34.5 Å². The third-order valence-corrected chi connectivity index (χ3v) is 5.38. The van der Waals surface area contributed by atoms with Crippen LogP contribution in [0.15, 0.2) is 0 Å². The molecular weight excluding hydrogens is 210 g/mol. The minimum atomic E-state index is -0.684. The van der Waals surface area contributed by atoms with Gasteiger partial charge in [-0.05, 0) is 56.3 Å². The van der Waals surface area contributed by atoms with Crippen molar-refractivity contribution in [3.05, 3.63) is 0 Å². The van der Waals surface area contributed by atoms with E-state index in [1.165, 1.54) is 0 Å². The largest absolute Gasteiger partial charge is 0.388 e. The molecule has 0 aliphatic heterocycles. The fourth-order valence-electron chi connectivity index (χ4n) is 3.61. The van der Waals surface area contributed by atoms with Gasteiger partial charge in [-0.1, -0.05) is 20.8 Å². The van der Waals surface area contributed by atoms with E-state index in [-0.39, 0.29) is 0 Å². The van der Waals surface area contributed by atoms with Crippen LogP contribution in [-0.4, -0.2) is 10.7 Å². The molecule has 0 radical (unpaired) electrons. The Labute approximate surface area is 105 Å². The summed E-state index contributed by atoms with van der Waals surface area (Å²) in [6.45, 7) is 6.68. The van der Waals surface area contributed by atoms with Crippen molar-refractivity contribution >= 4 is 0 Å². The molecule has 2 nitrogen and oxygen atoms in total. The molecule has 0 bridgehead atoms. The minimum Gasteiger partial charge on any atom is -0.388 e. The van der Waals surface area contributed by atoms with Crippen molar-refractivity contribution in [2.75, 3.05) is 0 Å². The Bertz CT molecular complexity index is 314. The summed E-state index contributed by atoms with van der Waals surface area (Å²) in [5.74, 6) is 1.97. The van der Waals surface area contributed by atoms with E-state index >= 15 is 0 Å². The van der Waals surface area contributed by atoms with Gasteiger partial charge in [0.05, 0.1) is 17.1 Å². The van der Waals surface area contributed by atoms with E-state index in [2.05, 4.69) is 26.8 Å². The maximum absolute atomic E-state index is 10.8. The van der Waals surface area contributed by atoms with Gasteiger partial charge in [-0.3, -0.25) is 0 Å². The van der Waals surface area contributed by atoms with Gasteiger partial charge in [0.1, 0.15) is 0 Å². The lowest BCUT2D eigenvalue weighted by molar-refractivity contribution is -0.167. The second kappa shape index (κ2) is 4.28. The first kappa shape index (κ1) is 12.9. The number of aliphatic hydroxyl groups is 1. The molecule has 0 amide bonds. The summed E-state index contributed by atoms with van der Waals surface area (Å²) in [6.07, 6.45) is 5.67. The molecule has 0 heterocycles. The molecule has 0 spiro atoms. The van der Waals surface area contributed by atoms with Gasteiger partial charge in [0.15, 0.2) is 0 Å². The average molecular weight is 235 g/mol. The van der Waals surface area contributed by atoms with Gasteiger partial charge in [-0.2, -0.15) is 5.26 Å². The first-order valence-corrected chi connectivity index (χ1v) is 7.06. The zero-order valence-electron chi connectivity index (χ0n) is 11.4. The Morgan fingerprint density at radius 2 is 1.76 bits per heavy atom. The van der Waals surface area contributed by atoms with E-state index in [4.69, 9.17) is 0 Å². The summed E-state index contributed by atoms with van der Waals surface area (Å²) in [7, 11) is 0. The topological polar surface area (TPSA) is 44.0 Å². The molecule has 2 aliphatic rings. The predicted molar refractivity (Wildman–Crippen MR) is 68.2 cm³/mol. The summed E-state index contributed by atoms with van der Waals surface area (Å²) < 4.78 is 0. The Morgan fingerprint density at radius 3 is 2.18 bits per heavy atom. The lowest BCUT2D eigenvalue weighted by Crippen LogP contribution is -2.58. The van der Waals surface area contributed by atoms with Gasteiger partial charge in [0.2, 0.25) is 0 Å². The lowest BCUT2D eigenvalue weighted by Gasteiger charge is -2.55. The quantitative estimate of drug-likeness (QED) is 0.796. The third-order valence-electron chi connectivity index (χ3n) is 5.38. The van der Waals surface area contributed by atoms with Crippen LogP contribution in [0.1, 0.15) is 59.3 Å². The molecule has 2 fully saturated rings. The van der Waals surface area contributed by atoms with E-state index in [0.717, 1.165) is 44.4 Å². The first-order valence-electron chi connectivity index (χ1n) is 7.06. The molecule has 96 valence electrons. The number of hydrogen-bond donors (Lipinski definition) is 1. The zero-order valence-corrected chi connectivity index (χ0v) is 11.4. The normalized spacial score (nSPS) is 46.4. The van der Waals surface area contributed by atoms with Crippen LogP contribution in [0.25, 0.3) is 0 Å². The second-order valence-corrected chi connectivity index (χ2v) is 6.82. The first-order chi connectivity index (χ1) is 7.92. The summed E-state index contributed by atoms with van der Waals surface area (Å²) in [6, 6.07) is 2.49. The van der Waals surface area contributed by atoms with E-state index < -0.39 is 11.0 Å². The van der Waals surface area contributed by atoms with Crippen LogP contribution in [0.2, 0.25) is 0 Å². The fraction of sp³-hybridized carbons (Fsp3) is 0.933. The van der Waals surface area contributed by atoms with E-state index in [0.29, 0.717) is 11.8 Å². The maximum atomic E-state index is 10.8. The molecule has 0 unspecified atom stereocenters. The highest BCUT2D eigenvalue weighted by molar-refractivity contribution is 5.17. The average Bonchev–Trinajstić information content (AvgIpc) is 2.26. The Hall–Kier alpha value is -0.550. The fourth-order valence-corrected chi connectivity index (χ4v) is 3.61. The Kier molecular flexibility index (Phi) is 3.25. The van der Waals surface area contributed by atoms with Crippen LogP contribution in [0.4, 0.5) is 0 Å². The van der Waals surface area contributed by atoms with E-state index in [9.17, 15) is 10.4 Å². The predicted octanol–water partition coefficient (Wildman–Crippen LogP) is 3.50. The van der Waals surface area contributed by atoms with Crippen molar-refractivity contribution in [1.82, 2.24) is 0 Å². The molecule has 0 saturated heterocycles. The Morgan fingerprint density at radius 1 is 1.24 bits per heavy atom. The summed E-state index contributed by atoms with van der Waals surface area (Å²) in [5.41, 5.74) is -1.12. The van der Waals surface area contributed by atoms with Crippen LogP contribution in [0.3, 0.4) is 0 Å². The van der Waals surface area contributed by atoms with Crippen molar-refractivity contribution in [3.8, 4) is 6.07 Å². The van der Waals surface area contributed by atoms with Crippen LogP contribution < -0.4 is 0 Å². The molecule has 2 heteroatoms. The van der Waals surface area contributed by atoms with Gasteiger partial charge >= 0.3 is 0 Å². The van der Waals surface area contributed by atoms with Gasteiger partial charge in [0.25, 0.3) is 0 Å². The molecule has 0 aromatic heterocycles. The number of nitriles is 1. The van der Waals surface area contributed by atoms with Gasteiger partial charge in [-0.15, -0.1) is 0 Å². The van der Waals surface area contributed by atoms with Gasteiger partial charge in [-0.25, -0.2) is 0 Å². The highest BCUT2D eigenvalue weighted by Gasteiger charge is 2.58. The maximum Gasteiger partial charge on any atom is 0.0860 e. The highest BCUT2D eigenvalue weighted by atomic mass is 16.3. The molecule has 0 atom stereocenters. The summed E-state index contributed by atoms with van der Waals surface area (Å²) in [4.78, 5) is 0. The number of rotatable bonds is 2. The van der Waals surface area contributed by atoms with Crippen LogP contribution in [0.5, 0.6) is 0 Å². The minimum absolute atomic E-state index is 0.440. The molecule has 2 saturated carbocycles. The molecule has 0 aromatic rings. The molecule has 1 N–H and O–H groups in total. The monoisotopic (exact) mass is 235 g/mol. The van der Waals surface area contributed by atoms with Crippen molar-refractivity contribution in [2.24, 2.45) is 23.2 Å². The molecule has 2 aliphatic carbocycles. The zero-order chi connectivity index (χ0) is 12.7. The third kappa shape index (κ3) is 1.99. The molecule has 17 heavy (non-hydrogen) atoms. The molecular formula is C15H25NO. The van der Waals surface area contributed by atoms with Crippen LogP contribution in [-0.2, 0) is 0 Å². The lowest BCUT2D eigenvalue weighted by atomic mass is 9.51. The van der Waals surface area contributed by atoms with Crippen molar-refractivity contribution < 1.29 is 5.11 Å². The molecule has 2 rings (SSSR count). The van der Waals surface area contributed by atoms with Gasteiger partial charge in [0, 0.05) is 0 Å². The van der Waals surface area contributed by atoms with Crippen LogP contribution >= 0.6 is 0 Å². The SMILES string of the molecule is CC1CCC(C#N)(C2(O)CC(C(C)C)C2)CC1. The smallest absolute Gasteiger partial charge is 0.0860 e. The summed E-state index contributed by atoms with van der Waals surface area (Å²) in [5, 5.41) is 20.3. The highest BCUT2D eigenvalue weighted by Crippen LogP contribution is 2.57. The van der Waals surface area contributed by atoms with Crippen molar-refractivity contribution in [2.45, 2.75) is 64.9 Å². The van der Waals surface area contributed by atoms with Crippen molar-refractivity contribution in [1.29, 1.82) is 5.26 Å². The summed E-state index contributed by atoms with van der Waals surface area (Å²) >= 11 is 0.